The number of pyridine rings is 2. The van der Waals surface area contributed by atoms with Crippen molar-refractivity contribution in [3.8, 4) is 5.88 Å². The minimum Gasteiger partial charge on any atom is -0.474 e. The summed E-state index contributed by atoms with van der Waals surface area (Å²) in [5.74, 6) is 0.577. The van der Waals surface area contributed by atoms with Crippen molar-refractivity contribution in [1.82, 2.24) is 14.9 Å². The molecule has 0 saturated carbocycles. The number of nitrogens with zero attached hydrogens (tertiary/aromatic N) is 3. The lowest BCUT2D eigenvalue weighted by molar-refractivity contribution is 0.0582. The van der Waals surface area contributed by atoms with Gasteiger partial charge in [0.15, 0.2) is 0 Å². The predicted octanol–water partition coefficient (Wildman–Crippen LogP) is 3.12. The molecule has 2 aromatic rings. The second-order valence-electron chi connectivity index (χ2n) is 5.64. The molecule has 6 heteroatoms. The number of likely N-dealkylation sites (tertiary alicyclic amines) is 1. The molecule has 1 aliphatic heterocycles. The maximum atomic E-state index is 12.4. The molecule has 23 heavy (non-hydrogen) atoms. The quantitative estimate of drug-likeness (QED) is 0.867. The Morgan fingerprint density at radius 1 is 1.17 bits per heavy atom. The summed E-state index contributed by atoms with van der Waals surface area (Å²) < 4.78 is 5.88. The fourth-order valence-corrected chi connectivity index (χ4v) is 2.65. The van der Waals surface area contributed by atoms with E-state index in [1.54, 1.807) is 23.2 Å². The molecule has 3 rings (SSSR count). The average molecular weight is 332 g/mol. The number of rotatable bonds is 3. The molecule has 1 fully saturated rings. The predicted molar refractivity (Wildman–Crippen MR) is 87.8 cm³/mol. The Morgan fingerprint density at radius 3 is 2.57 bits per heavy atom. The first-order valence-electron chi connectivity index (χ1n) is 7.62. The van der Waals surface area contributed by atoms with Crippen molar-refractivity contribution in [3.05, 3.63) is 52.9 Å². The molecule has 0 radical (unpaired) electrons. The van der Waals surface area contributed by atoms with E-state index in [-0.39, 0.29) is 12.0 Å². The van der Waals surface area contributed by atoms with Gasteiger partial charge in [-0.2, -0.15) is 0 Å². The summed E-state index contributed by atoms with van der Waals surface area (Å²) in [6, 6.07) is 7.20. The number of hydrogen-bond acceptors (Lipinski definition) is 4. The summed E-state index contributed by atoms with van der Waals surface area (Å²) in [6.07, 6.45) is 4.95. The largest absolute Gasteiger partial charge is 0.474 e. The van der Waals surface area contributed by atoms with Gasteiger partial charge in [0.25, 0.3) is 5.91 Å². The summed E-state index contributed by atoms with van der Waals surface area (Å²) in [4.78, 5) is 22.5. The van der Waals surface area contributed by atoms with E-state index in [1.807, 2.05) is 19.1 Å². The summed E-state index contributed by atoms with van der Waals surface area (Å²) in [6.45, 7) is 3.30. The second kappa shape index (κ2) is 6.96. The highest BCUT2D eigenvalue weighted by Crippen LogP contribution is 2.19. The Bertz CT molecular complexity index is 665. The molecule has 0 spiro atoms. The topological polar surface area (TPSA) is 55.3 Å². The van der Waals surface area contributed by atoms with E-state index in [2.05, 4.69) is 9.97 Å². The number of halogens is 1. The minimum absolute atomic E-state index is 0.0615. The number of amides is 1. The molecule has 0 N–H and O–H groups in total. The average Bonchev–Trinajstić information content (AvgIpc) is 2.58. The van der Waals surface area contributed by atoms with E-state index in [9.17, 15) is 4.79 Å². The number of aromatic nitrogens is 2. The minimum atomic E-state index is -0.0615. The zero-order valence-electron chi connectivity index (χ0n) is 12.9. The lowest BCUT2D eigenvalue weighted by Crippen LogP contribution is -2.42. The smallest absolute Gasteiger partial charge is 0.272 e. The highest BCUT2D eigenvalue weighted by atomic mass is 35.5. The zero-order chi connectivity index (χ0) is 16.2. The maximum absolute atomic E-state index is 12.4. The van der Waals surface area contributed by atoms with Crippen molar-refractivity contribution in [2.45, 2.75) is 25.9 Å². The van der Waals surface area contributed by atoms with E-state index < -0.39 is 0 Å². The van der Waals surface area contributed by atoms with Crippen LogP contribution in [0, 0.1) is 6.92 Å². The number of aryl methyl sites for hydroxylation is 1. The summed E-state index contributed by atoms with van der Waals surface area (Å²) in [5, 5.41) is 0.527. The molecule has 1 aliphatic rings. The molecule has 1 saturated heterocycles. The van der Waals surface area contributed by atoms with Gasteiger partial charge < -0.3 is 9.64 Å². The molecule has 5 nitrogen and oxygen atoms in total. The molecule has 0 bridgehead atoms. The van der Waals surface area contributed by atoms with Crippen molar-refractivity contribution in [1.29, 1.82) is 0 Å². The first-order valence-corrected chi connectivity index (χ1v) is 8.00. The van der Waals surface area contributed by atoms with Crippen LogP contribution in [0.1, 0.15) is 28.9 Å². The molecular formula is C17H18ClN3O2. The fraction of sp³-hybridized carbons (Fsp3) is 0.353. The van der Waals surface area contributed by atoms with Crippen LogP contribution in [0.2, 0.25) is 5.02 Å². The molecule has 3 heterocycles. The van der Waals surface area contributed by atoms with Crippen molar-refractivity contribution in [3.63, 3.8) is 0 Å². The van der Waals surface area contributed by atoms with E-state index in [4.69, 9.17) is 16.3 Å². The van der Waals surface area contributed by atoms with Gasteiger partial charge in [-0.15, -0.1) is 0 Å². The Hall–Kier alpha value is -2.14. The van der Waals surface area contributed by atoms with Crippen LogP contribution < -0.4 is 4.74 Å². The zero-order valence-corrected chi connectivity index (χ0v) is 13.7. The molecule has 0 unspecified atom stereocenters. The van der Waals surface area contributed by atoms with Gasteiger partial charge in [-0.25, -0.2) is 9.97 Å². The first-order chi connectivity index (χ1) is 11.1. The van der Waals surface area contributed by atoms with Crippen LogP contribution in [0.15, 0.2) is 36.7 Å². The van der Waals surface area contributed by atoms with Crippen molar-refractivity contribution < 1.29 is 9.53 Å². The third-order valence-electron chi connectivity index (χ3n) is 3.85. The lowest BCUT2D eigenvalue weighted by Gasteiger charge is -2.31. The van der Waals surface area contributed by atoms with Gasteiger partial charge in [0, 0.05) is 44.4 Å². The number of hydrogen-bond donors (Lipinski definition) is 0. The Balaban J connectivity index is 1.54. The Kier molecular flexibility index (Phi) is 4.76. The third-order valence-corrected chi connectivity index (χ3v) is 4.07. The van der Waals surface area contributed by atoms with Crippen LogP contribution in [0.4, 0.5) is 0 Å². The van der Waals surface area contributed by atoms with Crippen LogP contribution in [-0.2, 0) is 0 Å². The van der Waals surface area contributed by atoms with Crippen molar-refractivity contribution in [2.24, 2.45) is 0 Å². The molecule has 120 valence electrons. The van der Waals surface area contributed by atoms with E-state index in [0.717, 1.165) is 18.4 Å². The van der Waals surface area contributed by atoms with Crippen LogP contribution in [0.3, 0.4) is 0 Å². The van der Waals surface area contributed by atoms with Gasteiger partial charge in [0.05, 0.1) is 5.02 Å². The summed E-state index contributed by atoms with van der Waals surface area (Å²) >= 11 is 5.80. The van der Waals surface area contributed by atoms with Gasteiger partial charge in [0.1, 0.15) is 11.8 Å². The monoisotopic (exact) mass is 331 g/mol. The second-order valence-corrected chi connectivity index (χ2v) is 6.08. The summed E-state index contributed by atoms with van der Waals surface area (Å²) in [7, 11) is 0. The highest BCUT2D eigenvalue weighted by molar-refractivity contribution is 6.30. The standard InChI is InChI=1S/C17H18ClN3O2/c1-12-2-5-16(20-10-12)23-14-6-8-21(9-7-14)17(22)15-4-3-13(18)11-19-15/h2-5,10-11,14H,6-9H2,1H3. The van der Waals surface area contributed by atoms with Gasteiger partial charge in [-0.1, -0.05) is 17.7 Å². The third kappa shape index (κ3) is 3.99. The van der Waals surface area contributed by atoms with Crippen LogP contribution >= 0.6 is 11.6 Å². The lowest BCUT2D eigenvalue weighted by atomic mass is 10.1. The van der Waals surface area contributed by atoms with Gasteiger partial charge >= 0.3 is 0 Å². The number of carbonyl (C=O) groups is 1. The van der Waals surface area contributed by atoms with Crippen molar-refractivity contribution in [2.75, 3.05) is 13.1 Å². The summed E-state index contributed by atoms with van der Waals surface area (Å²) in [5.41, 5.74) is 1.53. The molecule has 0 aromatic carbocycles. The number of piperidine rings is 1. The number of ether oxygens (including phenoxy) is 1. The van der Waals surface area contributed by atoms with E-state index in [0.29, 0.717) is 29.7 Å². The SMILES string of the molecule is Cc1ccc(OC2CCN(C(=O)c3ccc(Cl)cn3)CC2)nc1. The maximum Gasteiger partial charge on any atom is 0.272 e. The molecular weight excluding hydrogens is 314 g/mol. The number of carbonyl (C=O) groups excluding carboxylic acids is 1. The Morgan fingerprint density at radius 2 is 1.96 bits per heavy atom. The molecule has 1 amide bonds. The van der Waals surface area contributed by atoms with Gasteiger partial charge in [-0.05, 0) is 24.6 Å². The fourth-order valence-electron chi connectivity index (χ4n) is 2.54. The van der Waals surface area contributed by atoms with Gasteiger partial charge in [0.2, 0.25) is 5.88 Å². The highest BCUT2D eigenvalue weighted by Gasteiger charge is 2.25. The van der Waals surface area contributed by atoms with Crippen LogP contribution in [-0.4, -0.2) is 40.0 Å². The molecule has 0 atom stereocenters. The molecule has 2 aromatic heterocycles. The van der Waals surface area contributed by atoms with E-state index in [1.165, 1.54) is 6.20 Å². The van der Waals surface area contributed by atoms with E-state index >= 15 is 0 Å². The van der Waals surface area contributed by atoms with Crippen LogP contribution in [0.25, 0.3) is 0 Å². The normalized spacial score (nSPS) is 15.5. The van der Waals surface area contributed by atoms with Crippen LogP contribution in [0.5, 0.6) is 5.88 Å². The van der Waals surface area contributed by atoms with Crippen molar-refractivity contribution >= 4 is 17.5 Å². The molecule has 0 aliphatic carbocycles. The van der Waals surface area contributed by atoms with Gasteiger partial charge in [-0.3, -0.25) is 4.79 Å². The first kappa shape index (κ1) is 15.7. The Labute approximate surface area is 140 Å².